The maximum absolute atomic E-state index is 12.2. The van der Waals surface area contributed by atoms with E-state index >= 15 is 0 Å². The highest BCUT2D eigenvalue weighted by Crippen LogP contribution is 2.46. The number of sulfonamides is 1. The third-order valence-electron chi connectivity index (χ3n) is 5.09. The zero-order chi connectivity index (χ0) is 18.7. The van der Waals surface area contributed by atoms with Crippen molar-refractivity contribution in [3.63, 3.8) is 0 Å². The number of hydrogen-bond donors (Lipinski definition) is 2. The maximum Gasteiger partial charge on any atom is 0.242 e. The van der Waals surface area contributed by atoms with Crippen LogP contribution in [0.5, 0.6) is 0 Å². The van der Waals surface area contributed by atoms with E-state index in [9.17, 15) is 8.42 Å². The topological polar surface area (TPSA) is 86.7 Å². The van der Waals surface area contributed by atoms with Gasteiger partial charge in [-0.15, -0.1) is 24.0 Å². The number of halogens is 1. The fourth-order valence-corrected chi connectivity index (χ4v) is 3.71. The summed E-state index contributed by atoms with van der Waals surface area (Å²) in [5.74, 6) is 0.826. The van der Waals surface area contributed by atoms with Gasteiger partial charge in [0.1, 0.15) is 4.90 Å². The van der Waals surface area contributed by atoms with Crippen LogP contribution in [0.15, 0.2) is 34.4 Å². The summed E-state index contributed by atoms with van der Waals surface area (Å²) in [6.45, 7) is 13.2. The standard InChI is InChI=1S/C17H29N5O2S.HI/c1-6-19-15(22-13-16(2,3)17(22,4)5)20-10-11-21-25(23,24)14-8-7-9-18-12-14;/h7-9,12,21H,6,10-11,13H2,1-5H3,(H,19,20);1H. The molecular formula is C17H30IN5O2S. The van der Waals surface area contributed by atoms with Gasteiger partial charge in [0.05, 0.1) is 6.54 Å². The number of hydrogen-bond acceptors (Lipinski definition) is 4. The van der Waals surface area contributed by atoms with Crippen LogP contribution < -0.4 is 10.0 Å². The third kappa shape index (κ3) is 4.86. The number of nitrogens with one attached hydrogen (secondary N) is 2. The molecule has 1 aromatic heterocycles. The number of guanidine groups is 1. The minimum Gasteiger partial charge on any atom is -0.356 e. The van der Waals surface area contributed by atoms with Gasteiger partial charge in [0.15, 0.2) is 5.96 Å². The van der Waals surface area contributed by atoms with Crippen molar-refractivity contribution in [3.05, 3.63) is 24.5 Å². The Morgan fingerprint density at radius 2 is 2.04 bits per heavy atom. The lowest BCUT2D eigenvalue weighted by Gasteiger charge is -2.62. The summed E-state index contributed by atoms with van der Waals surface area (Å²) in [5, 5.41) is 3.30. The van der Waals surface area contributed by atoms with Crippen molar-refractivity contribution in [2.75, 3.05) is 26.2 Å². The van der Waals surface area contributed by atoms with Crippen LogP contribution >= 0.6 is 24.0 Å². The smallest absolute Gasteiger partial charge is 0.242 e. The molecule has 2 heterocycles. The quantitative estimate of drug-likeness (QED) is 0.273. The first-order chi connectivity index (χ1) is 11.6. The summed E-state index contributed by atoms with van der Waals surface area (Å²) >= 11 is 0. The van der Waals surface area contributed by atoms with Crippen LogP contribution in [0.3, 0.4) is 0 Å². The average molecular weight is 495 g/mol. The van der Waals surface area contributed by atoms with Gasteiger partial charge in [0.25, 0.3) is 0 Å². The van der Waals surface area contributed by atoms with Crippen molar-refractivity contribution in [1.82, 2.24) is 19.9 Å². The van der Waals surface area contributed by atoms with Crippen LogP contribution in [-0.4, -0.2) is 56.0 Å². The molecule has 2 N–H and O–H groups in total. The maximum atomic E-state index is 12.2. The molecule has 26 heavy (non-hydrogen) atoms. The summed E-state index contributed by atoms with van der Waals surface area (Å²) in [6, 6.07) is 3.12. The molecule has 0 aromatic carbocycles. The molecule has 1 aromatic rings. The molecule has 1 saturated heterocycles. The van der Waals surface area contributed by atoms with E-state index in [1.54, 1.807) is 12.3 Å². The lowest BCUT2D eigenvalue weighted by atomic mass is 9.65. The van der Waals surface area contributed by atoms with Crippen molar-refractivity contribution < 1.29 is 8.42 Å². The van der Waals surface area contributed by atoms with Crippen molar-refractivity contribution >= 4 is 40.0 Å². The molecule has 1 fully saturated rings. The van der Waals surface area contributed by atoms with E-state index in [0.29, 0.717) is 6.54 Å². The fourth-order valence-electron chi connectivity index (χ4n) is 2.73. The Kier molecular flexibility index (Phi) is 7.85. The zero-order valence-corrected chi connectivity index (χ0v) is 19.3. The second-order valence-electron chi connectivity index (χ2n) is 7.35. The molecular weight excluding hydrogens is 465 g/mol. The highest BCUT2D eigenvalue weighted by Gasteiger charge is 2.53. The Labute approximate surface area is 174 Å². The summed E-state index contributed by atoms with van der Waals surface area (Å²) in [5.41, 5.74) is 0.217. The Hall–Kier alpha value is -0.940. The van der Waals surface area contributed by atoms with Gasteiger partial charge >= 0.3 is 0 Å². The van der Waals surface area contributed by atoms with Crippen LogP contribution in [0.1, 0.15) is 34.6 Å². The minimum absolute atomic E-state index is 0. The normalized spacial score (nSPS) is 18.7. The molecule has 1 aliphatic rings. The fraction of sp³-hybridized carbons (Fsp3) is 0.647. The van der Waals surface area contributed by atoms with Gasteiger partial charge in [-0.2, -0.15) is 0 Å². The Morgan fingerprint density at radius 3 is 2.54 bits per heavy atom. The molecule has 0 saturated carbocycles. The predicted molar refractivity (Wildman–Crippen MR) is 115 cm³/mol. The molecule has 0 unspecified atom stereocenters. The van der Waals surface area contributed by atoms with Gasteiger partial charge in [-0.25, -0.2) is 13.1 Å². The van der Waals surface area contributed by atoms with Crippen molar-refractivity contribution in [2.24, 2.45) is 10.4 Å². The van der Waals surface area contributed by atoms with E-state index in [1.807, 2.05) is 6.92 Å². The summed E-state index contributed by atoms with van der Waals surface area (Å²) in [7, 11) is -3.54. The molecule has 0 radical (unpaired) electrons. The van der Waals surface area contributed by atoms with Gasteiger partial charge in [-0.1, -0.05) is 13.8 Å². The second-order valence-corrected chi connectivity index (χ2v) is 9.12. The van der Waals surface area contributed by atoms with Gasteiger partial charge in [-0.05, 0) is 32.9 Å². The van der Waals surface area contributed by atoms with Gasteiger partial charge < -0.3 is 10.2 Å². The average Bonchev–Trinajstić information content (AvgIpc) is 2.56. The molecule has 0 aliphatic carbocycles. The van der Waals surface area contributed by atoms with Crippen LogP contribution in [0.4, 0.5) is 0 Å². The predicted octanol–water partition coefficient (Wildman–Crippen LogP) is 2.06. The Morgan fingerprint density at radius 1 is 1.35 bits per heavy atom. The molecule has 7 nitrogen and oxygen atoms in total. The van der Waals surface area contributed by atoms with Crippen molar-refractivity contribution in [3.8, 4) is 0 Å². The number of nitrogens with zero attached hydrogens (tertiary/aromatic N) is 3. The van der Waals surface area contributed by atoms with E-state index in [1.165, 1.54) is 12.3 Å². The van der Waals surface area contributed by atoms with Crippen LogP contribution in [0.2, 0.25) is 0 Å². The van der Waals surface area contributed by atoms with Crippen LogP contribution in [-0.2, 0) is 10.0 Å². The summed E-state index contributed by atoms with van der Waals surface area (Å²) in [4.78, 5) is 10.8. The van der Waals surface area contributed by atoms with E-state index < -0.39 is 10.0 Å². The van der Waals surface area contributed by atoms with Crippen molar-refractivity contribution in [1.29, 1.82) is 0 Å². The third-order valence-corrected chi connectivity index (χ3v) is 6.53. The molecule has 0 atom stereocenters. The Balaban J connectivity index is 0.00000338. The number of aromatic nitrogens is 1. The van der Waals surface area contributed by atoms with Gasteiger partial charge in [0, 0.05) is 43.0 Å². The first-order valence-corrected chi connectivity index (χ1v) is 10.1. The molecule has 0 amide bonds. The summed E-state index contributed by atoms with van der Waals surface area (Å²) in [6.07, 6.45) is 2.88. The van der Waals surface area contributed by atoms with Gasteiger partial charge in [0.2, 0.25) is 10.0 Å². The monoisotopic (exact) mass is 495 g/mol. The number of pyridine rings is 1. The highest BCUT2D eigenvalue weighted by atomic mass is 127. The van der Waals surface area contributed by atoms with E-state index in [4.69, 9.17) is 0 Å². The zero-order valence-electron chi connectivity index (χ0n) is 16.1. The van der Waals surface area contributed by atoms with E-state index in [2.05, 4.69) is 52.6 Å². The molecule has 0 spiro atoms. The molecule has 9 heteroatoms. The van der Waals surface area contributed by atoms with Gasteiger partial charge in [-0.3, -0.25) is 9.98 Å². The molecule has 0 bridgehead atoms. The number of aliphatic imine (C=N–C) groups is 1. The SMILES string of the molecule is CCNC(=NCCNS(=O)(=O)c1cccnc1)N1CC(C)(C)C1(C)C.I. The highest BCUT2D eigenvalue weighted by molar-refractivity contribution is 14.0. The van der Waals surface area contributed by atoms with E-state index in [0.717, 1.165) is 19.0 Å². The lowest BCUT2D eigenvalue weighted by Crippen LogP contribution is -2.72. The molecule has 1 aliphatic heterocycles. The Bertz CT molecular complexity index is 720. The molecule has 148 valence electrons. The van der Waals surface area contributed by atoms with E-state index in [-0.39, 0.29) is 46.4 Å². The van der Waals surface area contributed by atoms with Crippen LogP contribution in [0.25, 0.3) is 0 Å². The molecule has 2 rings (SSSR count). The van der Waals surface area contributed by atoms with Crippen LogP contribution in [0, 0.1) is 5.41 Å². The second kappa shape index (κ2) is 8.83. The largest absolute Gasteiger partial charge is 0.356 e. The summed E-state index contributed by atoms with van der Waals surface area (Å²) < 4.78 is 26.9. The number of rotatable bonds is 6. The van der Waals surface area contributed by atoms with Crippen molar-refractivity contribution in [2.45, 2.75) is 45.1 Å². The first kappa shape index (κ1) is 23.1. The number of likely N-dealkylation sites (tertiary alicyclic amines) is 1. The first-order valence-electron chi connectivity index (χ1n) is 8.57. The minimum atomic E-state index is -3.54. The lowest BCUT2D eigenvalue weighted by molar-refractivity contribution is -0.0667.